The molecule has 0 aromatic heterocycles. The van der Waals surface area contributed by atoms with Gasteiger partial charge in [-0.3, -0.25) is 19.7 Å². The summed E-state index contributed by atoms with van der Waals surface area (Å²) in [6.07, 6.45) is 0.442. The molecule has 0 aliphatic heterocycles. The summed E-state index contributed by atoms with van der Waals surface area (Å²) < 4.78 is 4.67. The minimum absolute atomic E-state index is 0.00961. The number of ether oxygens (including phenoxy) is 1. The summed E-state index contributed by atoms with van der Waals surface area (Å²) in [7, 11) is 1.26. The van der Waals surface area contributed by atoms with Crippen molar-refractivity contribution in [3.8, 4) is 0 Å². The molecule has 0 saturated carbocycles. The van der Waals surface area contributed by atoms with Crippen LogP contribution < -0.4 is 10.6 Å². The highest BCUT2D eigenvalue weighted by Crippen LogP contribution is 2.11. The fourth-order valence-corrected chi connectivity index (χ4v) is 2.22. The highest BCUT2D eigenvalue weighted by Gasteiger charge is 2.22. The number of amides is 2. The second-order valence-corrected chi connectivity index (χ2v) is 6.08. The average Bonchev–Trinajstić information content (AvgIpc) is 2.60. The van der Waals surface area contributed by atoms with E-state index in [4.69, 9.17) is 0 Å². The van der Waals surface area contributed by atoms with Crippen molar-refractivity contribution in [3.63, 3.8) is 0 Å². The maximum atomic E-state index is 11.9. The van der Waals surface area contributed by atoms with Crippen LogP contribution in [-0.4, -0.2) is 42.4 Å². The van der Waals surface area contributed by atoms with Gasteiger partial charge in [0.05, 0.1) is 12.0 Å². The minimum atomic E-state index is -0.724. The van der Waals surface area contributed by atoms with E-state index in [0.717, 1.165) is 0 Å². The van der Waals surface area contributed by atoms with E-state index in [2.05, 4.69) is 15.4 Å². The molecular weight excluding hydrogens is 342 g/mol. The highest BCUT2D eigenvalue weighted by atomic mass is 16.6. The van der Waals surface area contributed by atoms with Crippen molar-refractivity contribution >= 4 is 23.5 Å². The van der Waals surface area contributed by atoms with Crippen LogP contribution in [0.2, 0.25) is 0 Å². The molecule has 1 atom stereocenters. The molecule has 1 aromatic carbocycles. The number of carbonyl (C=O) groups excluding carboxylic acids is 3. The summed E-state index contributed by atoms with van der Waals surface area (Å²) in [5, 5.41) is 15.7. The van der Waals surface area contributed by atoms with Crippen molar-refractivity contribution < 1.29 is 24.0 Å². The third-order valence-corrected chi connectivity index (χ3v) is 3.51. The van der Waals surface area contributed by atoms with E-state index in [1.54, 1.807) is 0 Å². The summed E-state index contributed by atoms with van der Waals surface area (Å²) in [4.78, 5) is 45.6. The molecule has 1 unspecified atom stereocenters. The number of benzene rings is 1. The van der Waals surface area contributed by atoms with Crippen molar-refractivity contribution in [2.24, 2.45) is 5.92 Å². The van der Waals surface area contributed by atoms with Gasteiger partial charge in [-0.15, -0.1) is 0 Å². The Bertz CT molecular complexity index is 657. The number of nitrogens with one attached hydrogen (secondary N) is 2. The van der Waals surface area contributed by atoms with Crippen LogP contribution in [0.3, 0.4) is 0 Å². The van der Waals surface area contributed by atoms with E-state index >= 15 is 0 Å². The molecule has 0 aliphatic rings. The first-order chi connectivity index (χ1) is 12.2. The largest absolute Gasteiger partial charge is 0.467 e. The number of hydrogen-bond donors (Lipinski definition) is 2. The molecule has 0 fully saturated rings. The van der Waals surface area contributed by atoms with Crippen LogP contribution in [0.15, 0.2) is 24.3 Å². The molecule has 1 rings (SSSR count). The van der Waals surface area contributed by atoms with Crippen LogP contribution in [0.1, 0.15) is 37.0 Å². The van der Waals surface area contributed by atoms with Gasteiger partial charge in [-0.05, 0) is 24.5 Å². The van der Waals surface area contributed by atoms with E-state index in [1.807, 2.05) is 13.8 Å². The molecule has 142 valence electrons. The fourth-order valence-electron chi connectivity index (χ4n) is 2.22. The zero-order valence-electron chi connectivity index (χ0n) is 15.0. The van der Waals surface area contributed by atoms with Gasteiger partial charge in [0.25, 0.3) is 11.6 Å². The van der Waals surface area contributed by atoms with Crippen LogP contribution >= 0.6 is 0 Å². The van der Waals surface area contributed by atoms with Gasteiger partial charge >= 0.3 is 5.97 Å². The second-order valence-electron chi connectivity index (χ2n) is 6.08. The number of methoxy groups -OCH3 is 1. The lowest BCUT2D eigenvalue weighted by Gasteiger charge is -2.18. The minimum Gasteiger partial charge on any atom is -0.467 e. The number of nitrogens with zero attached hydrogens (tertiary/aromatic N) is 1. The third-order valence-electron chi connectivity index (χ3n) is 3.51. The summed E-state index contributed by atoms with van der Waals surface area (Å²) in [6.45, 7) is 3.91. The predicted molar refractivity (Wildman–Crippen MR) is 93.4 cm³/mol. The molecule has 0 saturated heterocycles. The number of non-ortho nitro benzene ring substituents is 1. The maximum Gasteiger partial charge on any atom is 0.328 e. The summed E-state index contributed by atoms with van der Waals surface area (Å²) in [6, 6.07) is 4.41. The molecule has 0 spiro atoms. The van der Waals surface area contributed by atoms with Crippen LogP contribution in [-0.2, 0) is 14.3 Å². The van der Waals surface area contributed by atoms with E-state index in [0.29, 0.717) is 6.42 Å². The Morgan fingerprint density at radius 2 is 1.81 bits per heavy atom. The highest BCUT2D eigenvalue weighted by molar-refractivity contribution is 5.94. The molecule has 1 aromatic rings. The number of carbonyl (C=O) groups is 3. The van der Waals surface area contributed by atoms with Gasteiger partial charge in [0.2, 0.25) is 5.91 Å². The molecule has 9 nitrogen and oxygen atoms in total. The fraction of sp³-hybridized carbons (Fsp3) is 0.471. The number of esters is 1. The Hall–Kier alpha value is -2.97. The van der Waals surface area contributed by atoms with Gasteiger partial charge in [-0.25, -0.2) is 4.79 Å². The van der Waals surface area contributed by atoms with Crippen LogP contribution in [0.25, 0.3) is 0 Å². The number of nitro groups is 1. The Kier molecular flexibility index (Phi) is 8.20. The number of rotatable bonds is 9. The monoisotopic (exact) mass is 365 g/mol. The lowest BCUT2D eigenvalue weighted by Crippen LogP contribution is -2.43. The van der Waals surface area contributed by atoms with Crippen molar-refractivity contribution in [1.82, 2.24) is 10.6 Å². The molecule has 2 N–H and O–H groups in total. The lowest BCUT2D eigenvalue weighted by molar-refractivity contribution is -0.384. The molecule has 0 heterocycles. The normalized spacial score (nSPS) is 11.5. The standard InChI is InChI=1S/C17H23N3O6/c1-11(2)10-14(17(23)26-3)19-15(21)8-9-18-16(22)12-4-6-13(7-5-12)20(24)25/h4-7,11,14H,8-10H2,1-3H3,(H,18,22)(H,19,21). The summed E-state index contributed by atoms with van der Waals surface area (Å²) >= 11 is 0. The Labute approximate surface area is 151 Å². The van der Waals surface area contributed by atoms with E-state index in [9.17, 15) is 24.5 Å². The van der Waals surface area contributed by atoms with Gasteiger partial charge in [-0.1, -0.05) is 13.8 Å². The van der Waals surface area contributed by atoms with Crippen LogP contribution in [0, 0.1) is 16.0 Å². The Morgan fingerprint density at radius 3 is 2.31 bits per heavy atom. The SMILES string of the molecule is COC(=O)C(CC(C)C)NC(=O)CCNC(=O)c1ccc([N+](=O)[O-])cc1. The quantitative estimate of drug-likeness (QED) is 0.387. The summed E-state index contributed by atoms with van der Waals surface area (Å²) in [5.41, 5.74) is 0.142. The second kappa shape index (κ2) is 10.1. The first kappa shape index (κ1) is 21.1. The molecule has 0 bridgehead atoms. The predicted octanol–water partition coefficient (Wildman–Crippen LogP) is 1.42. The third kappa shape index (κ3) is 6.88. The van der Waals surface area contributed by atoms with E-state index in [1.165, 1.54) is 31.4 Å². The smallest absolute Gasteiger partial charge is 0.328 e. The maximum absolute atomic E-state index is 11.9. The van der Waals surface area contributed by atoms with E-state index in [-0.39, 0.29) is 36.0 Å². The van der Waals surface area contributed by atoms with Gasteiger partial charge in [0.1, 0.15) is 6.04 Å². The van der Waals surface area contributed by atoms with Crippen molar-refractivity contribution in [2.45, 2.75) is 32.7 Å². The molecule has 0 radical (unpaired) electrons. The van der Waals surface area contributed by atoms with Gasteiger partial charge in [-0.2, -0.15) is 0 Å². The van der Waals surface area contributed by atoms with Crippen molar-refractivity contribution in [3.05, 3.63) is 39.9 Å². The van der Waals surface area contributed by atoms with Gasteiger partial charge < -0.3 is 15.4 Å². The van der Waals surface area contributed by atoms with Crippen LogP contribution in [0.4, 0.5) is 5.69 Å². The molecule has 26 heavy (non-hydrogen) atoms. The number of nitro benzene ring substituents is 1. The summed E-state index contributed by atoms with van der Waals surface area (Å²) in [5.74, 6) is -1.15. The first-order valence-electron chi connectivity index (χ1n) is 8.14. The zero-order chi connectivity index (χ0) is 19.7. The molecule has 0 aliphatic carbocycles. The first-order valence-corrected chi connectivity index (χ1v) is 8.14. The van der Waals surface area contributed by atoms with Gasteiger partial charge in [0.15, 0.2) is 0 Å². The average molecular weight is 365 g/mol. The van der Waals surface area contributed by atoms with Crippen LogP contribution in [0.5, 0.6) is 0 Å². The molecular formula is C17H23N3O6. The Balaban J connectivity index is 2.47. The Morgan fingerprint density at radius 1 is 1.19 bits per heavy atom. The molecule has 2 amide bonds. The topological polar surface area (TPSA) is 128 Å². The van der Waals surface area contributed by atoms with Crippen molar-refractivity contribution in [2.75, 3.05) is 13.7 Å². The number of hydrogen-bond acceptors (Lipinski definition) is 6. The molecule has 9 heteroatoms. The van der Waals surface area contributed by atoms with Crippen molar-refractivity contribution in [1.29, 1.82) is 0 Å². The zero-order valence-corrected chi connectivity index (χ0v) is 15.0. The lowest BCUT2D eigenvalue weighted by atomic mass is 10.0. The van der Waals surface area contributed by atoms with E-state index < -0.39 is 22.8 Å². The van der Waals surface area contributed by atoms with Gasteiger partial charge in [0, 0.05) is 30.7 Å².